The highest BCUT2D eigenvalue weighted by atomic mass is 16.4. The number of nitrogens with zero attached hydrogens (tertiary/aromatic N) is 6. The van der Waals surface area contributed by atoms with Crippen LogP contribution in [0.5, 0.6) is 0 Å². The molecule has 1 aliphatic heterocycles. The van der Waals surface area contributed by atoms with Gasteiger partial charge in [0.25, 0.3) is 0 Å². The van der Waals surface area contributed by atoms with Gasteiger partial charge in [-0.1, -0.05) is 6.07 Å². The SMILES string of the molecule is O=C(c1nnc(C2CC2)o1)N1CCc2[nH]cnc2[C@@H]1c1cc2c(C3CC3)cccn2n1. The molecule has 0 bridgehead atoms. The minimum Gasteiger partial charge on any atom is -0.417 e. The molecule has 1 amide bonds. The minimum atomic E-state index is -0.397. The van der Waals surface area contributed by atoms with Crippen LogP contribution in [-0.4, -0.2) is 47.1 Å². The van der Waals surface area contributed by atoms with Crippen molar-refractivity contribution in [1.82, 2.24) is 34.7 Å². The molecule has 31 heavy (non-hydrogen) atoms. The Bertz CT molecular complexity index is 1310. The molecule has 9 nitrogen and oxygen atoms in total. The number of carbonyl (C=O) groups is 1. The lowest BCUT2D eigenvalue weighted by atomic mass is 9.99. The Balaban J connectivity index is 1.32. The fraction of sp³-hybridized carbons (Fsp3) is 0.409. The van der Waals surface area contributed by atoms with E-state index in [1.54, 1.807) is 11.2 Å². The van der Waals surface area contributed by atoms with Gasteiger partial charge in [0.15, 0.2) is 0 Å². The molecule has 1 N–H and O–H groups in total. The van der Waals surface area contributed by atoms with Crippen LogP contribution in [0.3, 0.4) is 0 Å². The van der Waals surface area contributed by atoms with Crippen molar-refractivity contribution in [2.24, 2.45) is 0 Å². The molecule has 0 radical (unpaired) electrons. The van der Waals surface area contributed by atoms with Gasteiger partial charge in [0.05, 0.1) is 23.2 Å². The number of H-pyrrole nitrogens is 1. The van der Waals surface area contributed by atoms with E-state index in [1.165, 1.54) is 18.4 Å². The molecule has 7 rings (SSSR count). The van der Waals surface area contributed by atoms with Gasteiger partial charge in [0.1, 0.15) is 6.04 Å². The van der Waals surface area contributed by atoms with Crippen LogP contribution in [0, 0.1) is 0 Å². The topological polar surface area (TPSA) is 105 Å². The molecule has 4 aromatic heterocycles. The average molecular weight is 415 g/mol. The van der Waals surface area contributed by atoms with Gasteiger partial charge < -0.3 is 14.3 Å². The van der Waals surface area contributed by atoms with Crippen LogP contribution in [-0.2, 0) is 6.42 Å². The zero-order valence-electron chi connectivity index (χ0n) is 16.9. The summed E-state index contributed by atoms with van der Waals surface area (Å²) in [4.78, 5) is 23.0. The highest BCUT2D eigenvalue weighted by Gasteiger charge is 2.39. The van der Waals surface area contributed by atoms with Gasteiger partial charge >= 0.3 is 11.8 Å². The Labute approximate surface area is 177 Å². The van der Waals surface area contributed by atoms with Gasteiger partial charge in [0, 0.05) is 30.8 Å². The predicted molar refractivity (Wildman–Crippen MR) is 109 cm³/mol. The van der Waals surface area contributed by atoms with Crippen LogP contribution >= 0.6 is 0 Å². The Morgan fingerprint density at radius 2 is 2.03 bits per heavy atom. The third-order valence-corrected chi connectivity index (χ3v) is 6.59. The van der Waals surface area contributed by atoms with E-state index in [0.717, 1.165) is 35.4 Å². The Hall–Kier alpha value is -3.49. The van der Waals surface area contributed by atoms with Gasteiger partial charge in [-0.2, -0.15) is 5.10 Å². The van der Waals surface area contributed by atoms with E-state index in [2.05, 4.69) is 32.3 Å². The third kappa shape index (κ3) is 2.72. The van der Waals surface area contributed by atoms with Crippen molar-refractivity contribution in [3.63, 3.8) is 0 Å². The zero-order chi connectivity index (χ0) is 20.5. The van der Waals surface area contributed by atoms with Crippen molar-refractivity contribution in [3.8, 4) is 0 Å². The molecule has 0 spiro atoms. The van der Waals surface area contributed by atoms with Crippen LogP contribution in [0.15, 0.2) is 35.1 Å². The number of amides is 1. The lowest BCUT2D eigenvalue weighted by molar-refractivity contribution is 0.0644. The monoisotopic (exact) mass is 415 g/mol. The molecule has 9 heteroatoms. The maximum absolute atomic E-state index is 13.4. The van der Waals surface area contributed by atoms with Crippen LogP contribution in [0.1, 0.15) is 82.8 Å². The predicted octanol–water partition coefficient (Wildman–Crippen LogP) is 2.98. The molecule has 156 valence electrons. The number of carbonyl (C=O) groups excluding carboxylic acids is 1. The van der Waals surface area contributed by atoms with Gasteiger partial charge in [-0.05, 0) is 49.3 Å². The summed E-state index contributed by atoms with van der Waals surface area (Å²) in [6.45, 7) is 0.531. The number of rotatable bonds is 4. The van der Waals surface area contributed by atoms with E-state index in [0.29, 0.717) is 30.7 Å². The molecule has 5 heterocycles. The number of aromatic nitrogens is 6. The van der Waals surface area contributed by atoms with E-state index < -0.39 is 6.04 Å². The second-order valence-corrected chi connectivity index (χ2v) is 8.77. The minimum absolute atomic E-state index is 0.0494. The number of hydrogen-bond donors (Lipinski definition) is 1. The Morgan fingerprint density at radius 3 is 2.87 bits per heavy atom. The number of pyridine rings is 1. The maximum Gasteiger partial charge on any atom is 0.312 e. The molecule has 0 aromatic carbocycles. The summed E-state index contributed by atoms with van der Waals surface area (Å²) in [5.41, 5.74) is 5.10. The van der Waals surface area contributed by atoms with Crippen molar-refractivity contribution in [3.05, 3.63) is 65.1 Å². The normalized spacial score (nSPS) is 20.9. The van der Waals surface area contributed by atoms with Crippen molar-refractivity contribution >= 4 is 11.4 Å². The highest BCUT2D eigenvalue weighted by molar-refractivity contribution is 5.90. The van der Waals surface area contributed by atoms with Gasteiger partial charge in [0.2, 0.25) is 5.89 Å². The Morgan fingerprint density at radius 1 is 1.16 bits per heavy atom. The first-order valence-corrected chi connectivity index (χ1v) is 10.9. The summed E-state index contributed by atoms with van der Waals surface area (Å²) in [6, 6.07) is 5.93. The van der Waals surface area contributed by atoms with Crippen molar-refractivity contribution < 1.29 is 9.21 Å². The fourth-order valence-corrected chi connectivity index (χ4v) is 4.66. The summed E-state index contributed by atoms with van der Waals surface area (Å²) < 4.78 is 7.65. The quantitative estimate of drug-likeness (QED) is 0.549. The van der Waals surface area contributed by atoms with E-state index in [-0.39, 0.29) is 11.8 Å². The molecular formula is C22H21N7O2. The van der Waals surface area contributed by atoms with Crippen LogP contribution < -0.4 is 0 Å². The number of nitrogens with one attached hydrogen (secondary N) is 1. The van der Waals surface area contributed by atoms with E-state index in [9.17, 15) is 4.79 Å². The first-order valence-electron chi connectivity index (χ1n) is 10.9. The first-order chi connectivity index (χ1) is 15.3. The molecular weight excluding hydrogens is 394 g/mol. The second-order valence-electron chi connectivity index (χ2n) is 8.77. The molecule has 2 saturated carbocycles. The molecule has 1 atom stereocenters. The summed E-state index contributed by atoms with van der Waals surface area (Å²) >= 11 is 0. The van der Waals surface area contributed by atoms with Crippen molar-refractivity contribution in [1.29, 1.82) is 0 Å². The molecule has 3 aliphatic rings. The number of aromatic amines is 1. The highest BCUT2D eigenvalue weighted by Crippen LogP contribution is 2.43. The van der Waals surface area contributed by atoms with E-state index >= 15 is 0 Å². The van der Waals surface area contributed by atoms with Crippen molar-refractivity contribution in [2.45, 2.75) is 50.0 Å². The van der Waals surface area contributed by atoms with Crippen LogP contribution in [0.2, 0.25) is 0 Å². The lowest BCUT2D eigenvalue weighted by Gasteiger charge is -2.32. The van der Waals surface area contributed by atoms with Crippen molar-refractivity contribution in [2.75, 3.05) is 6.54 Å². The largest absolute Gasteiger partial charge is 0.417 e. The van der Waals surface area contributed by atoms with Gasteiger partial charge in [-0.25, -0.2) is 9.50 Å². The van der Waals surface area contributed by atoms with Gasteiger partial charge in [-0.15, -0.1) is 10.2 Å². The lowest BCUT2D eigenvalue weighted by Crippen LogP contribution is -2.41. The van der Waals surface area contributed by atoms with E-state index in [4.69, 9.17) is 9.52 Å². The molecule has 4 aromatic rings. The average Bonchev–Trinajstić information content (AvgIpc) is 3.67. The Kier molecular flexibility index (Phi) is 3.47. The smallest absolute Gasteiger partial charge is 0.312 e. The molecule has 2 aliphatic carbocycles. The molecule has 2 fully saturated rings. The maximum atomic E-state index is 13.4. The third-order valence-electron chi connectivity index (χ3n) is 6.59. The standard InChI is InChI=1S/C22H21N7O2/c30-22(21-26-25-20(31-21)13-5-6-13)28-9-7-15-18(24-11-23-15)19(28)16-10-17-14(12-3-4-12)2-1-8-29(17)27-16/h1-2,8,10-13,19H,3-7,9H2,(H,23,24)/t19-/m0/s1. The van der Waals surface area contributed by atoms with Gasteiger partial charge in [-0.3, -0.25) is 4.79 Å². The fourth-order valence-electron chi connectivity index (χ4n) is 4.66. The number of imidazole rings is 1. The molecule has 0 unspecified atom stereocenters. The van der Waals surface area contributed by atoms with Crippen LogP contribution in [0.4, 0.5) is 0 Å². The summed E-state index contributed by atoms with van der Waals surface area (Å²) in [5, 5.41) is 13.0. The van der Waals surface area contributed by atoms with E-state index in [1.807, 2.05) is 16.8 Å². The summed E-state index contributed by atoms with van der Waals surface area (Å²) in [7, 11) is 0. The second kappa shape index (κ2) is 6.26. The van der Waals surface area contributed by atoms with Crippen LogP contribution in [0.25, 0.3) is 5.52 Å². The summed E-state index contributed by atoms with van der Waals surface area (Å²) in [6.07, 6.45) is 8.88. The zero-order valence-corrected chi connectivity index (χ0v) is 16.9. The number of fused-ring (bicyclic) bond motifs is 2. The summed E-state index contributed by atoms with van der Waals surface area (Å²) in [5.74, 6) is 1.27. The number of hydrogen-bond acceptors (Lipinski definition) is 6. The molecule has 0 saturated heterocycles. The first kappa shape index (κ1) is 17.2.